The summed E-state index contributed by atoms with van der Waals surface area (Å²) in [5.41, 5.74) is 1.43. The van der Waals surface area contributed by atoms with Crippen molar-refractivity contribution in [3.8, 4) is 0 Å². The van der Waals surface area contributed by atoms with E-state index in [0.29, 0.717) is 24.3 Å². The van der Waals surface area contributed by atoms with Gasteiger partial charge in [0, 0.05) is 38.3 Å². The Balaban J connectivity index is 1.84. The van der Waals surface area contributed by atoms with Crippen LogP contribution in [0.25, 0.3) is 0 Å². The molecule has 8 heteroatoms. The van der Waals surface area contributed by atoms with E-state index in [1.165, 1.54) is 0 Å². The van der Waals surface area contributed by atoms with Gasteiger partial charge in [-0.2, -0.15) is 10.2 Å². The molecule has 0 aromatic carbocycles. The van der Waals surface area contributed by atoms with Crippen molar-refractivity contribution >= 4 is 11.8 Å². The number of H-pyrrole nitrogens is 1. The van der Waals surface area contributed by atoms with Gasteiger partial charge in [0.15, 0.2) is 0 Å². The molecule has 1 saturated heterocycles. The maximum Gasteiger partial charge on any atom is 0.274 e. The summed E-state index contributed by atoms with van der Waals surface area (Å²) in [7, 11) is 1.60. The Hall–Kier alpha value is -2.64. The zero-order valence-electron chi connectivity index (χ0n) is 14.9. The summed E-state index contributed by atoms with van der Waals surface area (Å²) in [6.07, 6.45) is 5.10. The van der Waals surface area contributed by atoms with Crippen LogP contribution in [0.2, 0.25) is 0 Å². The fourth-order valence-electron chi connectivity index (χ4n) is 3.48. The van der Waals surface area contributed by atoms with Crippen molar-refractivity contribution in [2.75, 3.05) is 20.1 Å². The van der Waals surface area contributed by atoms with Crippen LogP contribution >= 0.6 is 0 Å². The van der Waals surface area contributed by atoms with Gasteiger partial charge < -0.3 is 10.2 Å². The van der Waals surface area contributed by atoms with Gasteiger partial charge in [0.25, 0.3) is 11.8 Å². The number of hydrogen-bond acceptors (Lipinski definition) is 4. The lowest BCUT2D eigenvalue weighted by atomic mass is 9.77. The minimum absolute atomic E-state index is 0.0702. The van der Waals surface area contributed by atoms with Gasteiger partial charge >= 0.3 is 0 Å². The molecule has 1 aliphatic rings. The van der Waals surface area contributed by atoms with E-state index in [1.807, 2.05) is 18.0 Å². The van der Waals surface area contributed by atoms with Crippen LogP contribution in [0.15, 0.2) is 18.5 Å². The quantitative estimate of drug-likeness (QED) is 0.870. The minimum Gasteiger partial charge on any atom is -0.355 e. The average Bonchev–Trinajstić information content (AvgIpc) is 3.29. The van der Waals surface area contributed by atoms with Gasteiger partial charge in [0.1, 0.15) is 5.69 Å². The molecule has 8 nitrogen and oxygen atoms in total. The number of piperidine rings is 1. The number of rotatable bonds is 4. The predicted octanol–water partition coefficient (Wildman–Crippen LogP) is 1.18. The number of hydrogen-bond donors (Lipinski definition) is 2. The third-order valence-electron chi connectivity index (χ3n) is 4.88. The summed E-state index contributed by atoms with van der Waals surface area (Å²) in [6, 6.07) is 1.75. The molecule has 0 bridgehead atoms. The van der Waals surface area contributed by atoms with Gasteiger partial charge in [-0.3, -0.25) is 19.4 Å². The van der Waals surface area contributed by atoms with E-state index in [2.05, 4.69) is 27.5 Å². The summed E-state index contributed by atoms with van der Waals surface area (Å²) >= 11 is 0. The highest BCUT2D eigenvalue weighted by Crippen LogP contribution is 2.34. The van der Waals surface area contributed by atoms with E-state index in [-0.39, 0.29) is 17.2 Å². The van der Waals surface area contributed by atoms with Crippen LogP contribution in [0.1, 0.15) is 53.2 Å². The van der Waals surface area contributed by atoms with Crippen molar-refractivity contribution in [2.45, 2.75) is 38.6 Å². The van der Waals surface area contributed by atoms with Gasteiger partial charge in [-0.05, 0) is 25.8 Å². The lowest BCUT2D eigenvalue weighted by Crippen LogP contribution is -2.48. The molecule has 0 aliphatic carbocycles. The number of aryl methyl sites for hydroxylation is 1. The second-order valence-corrected chi connectivity index (χ2v) is 6.69. The fourth-order valence-corrected chi connectivity index (χ4v) is 3.48. The standard InChI is InChI=1S/C17H24N6O2/c1-4-23-9-6-13(21-23)16(25)22-8-5-7-17(2,11-22)14-12(10-19-20-14)15(24)18-3/h6,9-10H,4-5,7-8,11H2,1-3H3,(H,18,24)(H,19,20)/t17-/m0/s1. The first-order valence-electron chi connectivity index (χ1n) is 8.57. The summed E-state index contributed by atoms with van der Waals surface area (Å²) in [4.78, 5) is 26.7. The smallest absolute Gasteiger partial charge is 0.274 e. The van der Waals surface area contributed by atoms with E-state index in [0.717, 1.165) is 25.1 Å². The lowest BCUT2D eigenvalue weighted by Gasteiger charge is -2.40. The van der Waals surface area contributed by atoms with Crippen molar-refractivity contribution in [1.29, 1.82) is 0 Å². The van der Waals surface area contributed by atoms with E-state index in [1.54, 1.807) is 24.0 Å². The first-order chi connectivity index (χ1) is 12.0. The van der Waals surface area contributed by atoms with E-state index < -0.39 is 0 Å². The molecule has 25 heavy (non-hydrogen) atoms. The van der Waals surface area contributed by atoms with Crippen LogP contribution < -0.4 is 5.32 Å². The highest BCUT2D eigenvalue weighted by Gasteiger charge is 2.39. The van der Waals surface area contributed by atoms with Crippen LogP contribution in [0.5, 0.6) is 0 Å². The van der Waals surface area contributed by atoms with Gasteiger partial charge in [-0.1, -0.05) is 6.92 Å². The van der Waals surface area contributed by atoms with Gasteiger partial charge in [0.2, 0.25) is 0 Å². The van der Waals surface area contributed by atoms with Crippen molar-refractivity contribution < 1.29 is 9.59 Å². The third kappa shape index (κ3) is 3.16. The Morgan fingerprint density at radius 1 is 1.44 bits per heavy atom. The first-order valence-corrected chi connectivity index (χ1v) is 8.57. The molecule has 2 amide bonds. The summed E-state index contributed by atoms with van der Waals surface area (Å²) < 4.78 is 1.75. The SMILES string of the molecule is CCn1ccc(C(=O)N2CCC[C@](C)(c3[nH]ncc3C(=O)NC)C2)n1. The minimum atomic E-state index is -0.348. The normalized spacial score (nSPS) is 20.5. The molecule has 1 fully saturated rings. The number of nitrogens with zero attached hydrogens (tertiary/aromatic N) is 4. The summed E-state index contributed by atoms with van der Waals surface area (Å²) in [6.45, 7) is 6.00. The van der Waals surface area contributed by atoms with Crippen LogP contribution in [-0.4, -0.2) is 56.8 Å². The number of aromatic nitrogens is 4. The van der Waals surface area contributed by atoms with Gasteiger partial charge in [0.05, 0.1) is 17.5 Å². The Kier molecular flexibility index (Phi) is 4.61. The molecule has 3 rings (SSSR count). The lowest BCUT2D eigenvalue weighted by molar-refractivity contribution is 0.0640. The highest BCUT2D eigenvalue weighted by molar-refractivity contribution is 5.95. The van der Waals surface area contributed by atoms with E-state index in [9.17, 15) is 9.59 Å². The van der Waals surface area contributed by atoms with Crippen LogP contribution in [0, 0.1) is 0 Å². The van der Waals surface area contributed by atoms with Gasteiger partial charge in [-0.25, -0.2) is 0 Å². The monoisotopic (exact) mass is 344 g/mol. The van der Waals surface area contributed by atoms with Gasteiger partial charge in [-0.15, -0.1) is 0 Å². The average molecular weight is 344 g/mol. The maximum absolute atomic E-state index is 12.8. The summed E-state index contributed by atoms with van der Waals surface area (Å²) in [5.74, 6) is -0.241. The fraction of sp³-hybridized carbons (Fsp3) is 0.529. The molecule has 0 spiro atoms. The second-order valence-electron chi connectivity index (χ2n) is 6.69. The molecular formula is C17H24N6O2. The Morgan fingerprint density at radius 3 is 2.92 bits per heavy atom. The molecule has 2 N–H and O–H groups in total. The molecule has 134 valence electrons. The number of carbonyl (C=O) groups is 2. The zero-order valence-corrected chi connectivity index (χ0v) is 14.9. The highest BCUT2D eigenvalue weighted by atomic mass is 16.2. The molecule has 2 aromatic rings. The van der Waals surface area contributed by atoms with E-state index in [4.69, 9.17) is 0 Å². The predicted molar refractivity (Wildman–Crippen MR) is 92.4 cm³/mol. The molecular weight excluding hydrogens is 320 g/mol. The van der Waals surface area contributed by atoms with Crippen LogP contribution in [-0.2, 0) is 12.0 Å². The molecule has 1 aliphatic heterocycles. The molecule has 0 unspecified atom stereocenters. The van der Waals surface area contributed by atoms with Crippen LogP contribution in [0.3, 0.4) is 0 Å². The topological polar surface area (TPSA) is 95.9 Å². The number of likely N-dealkylation sites (tertiary alicyclic amines) is 1. The molecule has 2 aromatic heterocycles. The number of nitrogens with one attached hydrogen (secondary N) is 2. The Morgan fingerprint density at radius 2 is 2.24 bits per heavy atom. The van der Waals surface area contributed by atoms with Crippen molar-refractivity contribution in [1.82, 2.24) is 30.2 Å². The first kappa shape index (κ1) is 17.2. The zero-order chi connectivity index (χ0) is 18.0. The van der Waals surface area contributed by atoms with Crippen molar-refractivity contribution in [3.63, 3.8) is 0 Å². The largest absolute Gasteiger partial charge is 0.355 e. The van der Waals surface area contributed by atoms with Crippen molar-refractivity contribution in [3.05, 3.63) is 35.4 Å². The Labute approximate surface area is 146 Å². The second kappa shape index (κ2) is 6.70. The summed E-state index contributed by atoms with van der Waals surface area (Å²) in [5, 5.41) is 14.0. The molecule has 3 heterocycles. The Bertz CT molecular complexity index is 780. The third-order valence-corrected chi connectivity index (χ3v) is 4.88. The number of aromatic amines is 1. The maximum atomic E-state index is 12.8. The molecule has 0 radical (unpaired) electrons. The van der Waals surface area contributed by atoms with E-state index >= 15 is 0 Å². The molecule has 0 saturated carbocycles. The van der Waals surface area contributed by atoms with Crippen LogP contribution in [0.4, 0.5) is 0 Å². The number of carbonyl (C=O) groups excluding carboxylic acids is 2. The van der Waals surface area contributed by atoms with Crippen molar-refractivity contribution in [2.24, 2.45) is 0 Å². The number of amides is 2. The molecule has 1 atom stereocenters.